The Morgan fingerprint density at radius 3 is 2.43 bits per heavy atom. The lowest BCUT2D eigenvalue weighted by molar-refractivity contribution is 0.102. The third-order valence-corrected chi connectivity index (χ3v) is 5.37. The summed E-state index contributed by atoms with van der Waals surface area (Å²) < 4.78 is 27.2. The molecule has 4 rings (SSSR count). The van der Waals surface area contributed by atoms with Crippen LogP contribution in [0.5, 0.6) is 0 Å². The standard InChI is InChI=1S/C19H15N5O3S/c25-18(23-19-21-16-10-11-20-12-17(16)22-19)13-6-8-14(9-7-13)24-28(26,27)15-4-2-1-3-5-15/h1-12,24H,(H2,21,22,23,25). The van der Waals surface area contributed by atoms with Crippen LogP contribution in [0.4, 0.5) is 11.6 Å². The number of rotatable bonds is 5. The van der Waals surface area contributed by atoms with Crippen LogP contribution < -0.4 is 10.0 Å². The minimum Gasteiger partial charge on any atom is -0.323 e. The molecule has 140 valence electrons. The highest BCUT2D eigenvalue weighted by Gasteiger charge is 2.14. The fourth-order valence-electron chi connectivity index (χ4n) is 2.60. The first-order valence-electron chi connectivity index (χ1n) is 8.30. The van der Waals surface area contributed by atoms with Gasteiger partial charge in [0.05, 0.1) is 22.1 Å². The van der Waals surface area contributed by atoms with Gasteiger partial charge < -0.3 is 4.98 Å². The van der Waals surface area contributed by atoms with E-state index < -0.39 is 10.0 Å². The number of fused-ring (bicyclic) bond motifs is 1. The second kappa shape index (κ2) is 7.12. The molecule has 0 spiro atoms. The summed E-state index contributed by atoms with van der Waals surface area (Å²) in [5, 5.41) is 2.67. The van der Waals surface area contributed by atoms with Crippen LogP contribution in [0, 0.1) is 0 Å². The Kier molecular flexibility index (Phi) is 4.50. The van der Waals surface area contributed by atoms with E-state index in [1.54, 1.807) is 36.7 Å². The van der Waals surface area contributed by atoms with Crippen molar-refractivity contribution in [1.29, 1.82) is 0 Å². The number of hydrogen-bond donors (Lipinski definition) is 3. The van der Waals surface area contributed by atoms with Gasteiger partial charge in [-0.3, -0.25) is 19.8 Å². The van der Waals surface area contributed by atoms with Crippen molar-refractivity contribution in [2.45, 2.75) is 4.90 Å². The average Bonchev–Trinajstić information content (AvgIpc) is 3.11. The van der Waals surface area contributed by atoms with E-state index in [1.807, 2.05) is 0 Å². The Morgan fingerprint density at radius 1 is 0.964 bits per heavy atom. The monoisotopic (exact) mass is 393 g/mol. The highest BCUT2D eigenvalue weighted by molar-refractivity contribution is 7.92. The summed E-state index contributed by atoms with van der Waals surface area (Å²) in [6.07, 6.45) is 3.23. The van der Waals surface area contributed by atoms with Crippen molar-refractivity contribution >= 4 is 38.6 Å². The minimum absolute atomic E-state index is 0.163. The Hall–Kier alpha value is -3.72. The fraction of sp³-hybridized carbons (Fsp3) is 0. The van der Waals surface area contributed by atoms with Gasteiger partial charge in [-0.15, -0.1) is 0 Å². The molecule has 3 N–H and O–H groups in total. The summed E-state index contributed by atoms with van der Waals surface area (Å²) in [6.45, 7) is 0. The number of amides is 1. The molecule has 9 heteroatoms. The molecule has 2 aromatic heterocycles. The van der Waals surface area contributed by atoms with Gasteiger partial charge in [-0.2, -0.15) is 0 Å². The second-order valence-corrected chi connectivity index (χ2v) is 7.61. The smallest absolute Gasteiger partial charge is 0.261 e. The number of hydrogen-bond acceptors (Lipinski definition) is 5. The topological polar surface area (TPSA) is 117 Å². The summed E-state index contributed by atoms with van der Waals surface area (Å²) >= 11 is 0. The van der Waals surface area contributed by atoms with E-state index in [-0.39, 0.29) is 10.8 Å². The van der Waals surface area contributed by atoms with Crippen LogP contribution in [0.15, 0.2) is 78.0 Å². The van der Waals surface area contributed by atoms with Crippen LogP contribution in [-0.2, 0) is 10.0 Å². The number of anilines is 2. The van der Waals surface area contributed by atoms with E-state index in [1.165, 1.54) is 36.4 Å². The van der Waals surface area contributed by atoms with Crippen molar-refractivity contribution in [2.75, 3.05) is 10.0 Å². The number of aromatic nitrogens is 3. The van der Waals surface area contributed by atoms with Crippen molar-refractivity contribution in [3.63, 3.8) is 0 Å². The molecule has 1 amide bonds. The number of imidazole rings is 1. The first kappa shape index (κ1) is 17.7. The SMILES string of the molecule is O=C(Nc1nc2ccncc2[nH]1)c1ccc(NS(=O)(=O)c2ccccc2)cc1. The van der Waals surface area contributed by atoms with Gasteiger partial charge >= 0.3 is 0 Å². The molecule has 0 aliphatic rings. The number of sulfonamides is 1. The first-order chi connectivity index (χ1) is 13.5. The van der Waals surface area contributed by atoms with E-state index >= 15 is 0 Å². The van der Waals surface area contributed by atoms with Crippen LogP contribution in [0.2, 0.25) is 0 Å². The van der Waals surface area contributed by atoms with Gasteiger partial charge in [0.2, 0.25) is 5.95 Å². The van der Waals surface area contributed by atoms with Gasteiger partial charge in [-0.25, -0.2) is 13.4 Å². The lowest BCUT2D eigenvalue weighted by Gasteiger charge is -2.08. The number of carbonyl (C=O) groups excluding carboxylic acids is 1. The summed E-state index contributed by atoms with van der Waals surface area (Å²) in [5.41, 5.74) is 2.12. The third kappa shape index (κ3) is 3.69. The Morgan fingerprint density at radius 2 is 1.71 bits per heavy atom. The fourth-order valence-corrected chi connectivity index (χ4v) is 3.68. The zero-order chi connectivity index (χ0) is 19.6. The molecule has 2 heterocycles. The third-order valence-electron chi connectivity index (χ3n) is 3.97. The molecular formula is C19H15N5O3S. The van der Waals surface area contributed by atoms with Crippen LogP contribution in [-0.4, -0.2) is 29.3 Å². The molecule has 28 heavy (non-hydrogen) atoms. The van der Waals surface area contributed by atoms with Crippen LogP contribution >= 0.6 is 0 Å². The zero-order valence-corrected chi connectivity index (χ0v) is 15.3. The van der Waals surface area contributed by atoms with E-state index in [9.17, 15) is 13.2 Å². The van der Waals surface area contributed by atoms with Crippen molar-refractivity contribution in [2.24, 2.45) is 0 Å². The number of pyridine rings is 1. The first-order valence-corrected chi connectivity index (χ1v) is 9.79. The molecule has 0 aliphatic heterocycles. The molecule has 0 saturated carbocycles. The summed E-state index contributed by atoms with van der Waals surface area (Å²) in [7, 11) is -3.68. The van der Waals surface area contributed by atoms with E-state index in [4.69, 9.17) is 0 Å². The lowest BCUT2D eigenvalue weighted by atomic mass is 10.2. The molecule has 0 fully saturated rings. The normalized spacial score (nSPS) is 11.3. The predicted molar refractivity (Wildman–Crippen MR) is 106 cm³/mol. The largest absolute Gasteiger partial charge is 0.323 e. The van der Waals surface area contributed by atoms with Gasteiger partial charge in [0.25, 0.3) is 15.9 Å². The second-order valence-electron chi connectivity index (χ2n) is 5.93. The Bertz CT molecular complexity index is 1200. The maximum Gasteiger partial charge on any atom is 0.261 e. The number of carbonyl (C=O) groups is 1. The van der Waals surface area contributed by atoms with E-state index in [2.05, 4.69) is 25.0 Å². The van der Waals surface area contributed by atoms with Gasteiger partial charge in [-0.1, -0.05) is 18.2 Å². The molecule has 4 aromatic rings. The quantitative estimate of drug-likeness (QED) is 0.482. The molecule has 2 aromatic carbocycles. The molecule has 0 atom stereocenters. The molecule has 8 nitrogen and oxygen atoms in total. The minimum atomic E-state index is -3.68. The predicted octanol–water partition coefficient (Wildman–Crippen LogP) is 3.01. The summed E-state index contributed by atoms with van der Waals surface area (Å²) in [6, 6.07) is 15.9. The van der Waals surface area contributed by atoms with Crippen molar-refractivity contribution < 1.29 is 13.2 Å². The zero-order valence-electron chi connectivity index (χ0n) is 14.5. The Labute approximate surface area is 160 Å². The summed E-state index contributed by atoms with van der Waals surface area (Å²) in [5.74, 6) is -0.0636. The van der Waals surface area contributed by atoms with Crippen molar-refractivity contribution in [3.8, 4) is 0 Å². The van der Waals surface area contributed by atoms with E-state index in [0.717, 1.165) is 0 Å². The molecule has 0 saturated heterocycles. The van der Waals surface area contributed by atoms with Gasteiger partial charge in [0.15, 0.2) is 0 Å². The maximum atomic E-state index is 12.4. The van der Waals surface area contributed by atoms with Crippen LogP contribution in [0.25, 0.3) is 11.0 Å². The lowest BCUT2D eigenvalue weighted by Crippen LogP contribution is -2.14. The van der Waals surface area contributed by atoms with Gasteiger partial charge in [0.1, 0.15) is 0 Å². The van der Waals surface area contributed by atoms with Crippen molar-refractivity contribution in [1.82, 2.24) is 15.0 Å². The highest BCUT2D eigenvalue weighted by Crippen LogP contribution is 2.17. The van der Waals surface area contributed by atoms with Crippen molar-refractivity contribution in [3.05, 3.63) is 78.6 Å². The average molecular weight is 393 g/mol. The maximum absolute atomic E-state index is 12.4. The number of nitrogens with one attached hydrogen (secondary N) is 3. The molecular weight excluding hydrogens is 378 g/mol. The number of H-pyrrole nitrogens is 1. The summed E-state index contributed by atoms with van der Waals surface area (Å²) in [4.78, 5) is 23.7. The highest BCUT2D eigenvalue weighted by atomic mass is 32.2. The number of nitrogens with zero attached hydrogens (tertiary/aromatic N) is 2. The van der Waals surface area contributed by atoms with Crippen LogP contribution in [0.1, 0.15) is 10.4 Å². The number of aromatic amines is 1. The van der Waals surface area contributed by atoms with Crippen LogP contribution in [0.3, 0.4) is 0 Å². The van der Waals surface area contributed by atoms with Gasteiger partial charge in [0, 0.05) is 17.4 Å². The molecule has 0 radical (unpaired) electrons. The van der Waals surface area contributed by atoms with E-state index in [0.29, 0.717) is 28.2 Å². The van der Waals surface area contributed by atoms with Gasteiger partial charge in [-0.05, 0) is 42.5 Å². The molecule has 0 aliphatic carbocycles. The number of benzene rings is 2. The molecule has 0 bridgehead atoms. The molecule has 0 unspecified atom stereocenters. The Balaban J connectivity index is 1.47.